The molecule has 1 aromatic carbocycles. The predicted octanol–water partition coefficient (Wildman–Crippen LogP) is 3.05. The van der Waals surface area contributed by atoms with Crippen LogP contribution in [-0.4, -0.2) is 9.55 Å². The van der Waals surface area contributed by atoms with E-state index >= 15 is 0 Å². The van der Waals surface area contributed by atoms with E-state index in [1.807, 2.05) is 42.9 Å². The Morgan fingerprint density at radius 3 is 2.71 bits per heavy atom. The zero-order chi connectivity index (χ0) is 10.1. The highest BCUT2D eigenvalue weighted by Crippen LogP contribution is 2.29. The van der Waals surface area contributed by atoms with Crippen LogP contribution in [0.25, 0.3) is 11.4 Å². The van der Waals surface area contributed by atoms with Crippen LogP contribution in [-0.2, 0) is 7.05 Å². The summed E-state index contributed by atoms with van der Waals surface area (Å²) in [5.74, 6) is 0.910. The van der Waals surface area contributed by atoms with E-state index in [-0.39, 0.29) is 0 Å². The van der Waals surface area contributed by atoms with Gasteiger partial charge in [0.05, 0.1) is 5.02 Å². The number of halogens is 1. The standard InChI is InChI=1S/C11H11ClN2/c1-8-4-3-5-9(12)10(8)11-13-6-7-14(11)2/h3-7H,1-2H3. The first-order valence-corrected chi connectivity index (χ1v) is 4.81. The quantitative estimate of drug-likeness (QED) is 0.701. The molecule has 2 rings (SSSR count). The van der Waals surface area contributed by atoms with E-state index in [2.05, 4.69) is 4.98 Å². The molecule has 1 heterocycles. The summed E-state index contributed by atoms with van der Waals surface area (Å²) in [5, 5.41) is 0.749. The Balaban J connectivity index is 2.68. The van der Waals surface area contributed by atoms with Crippen molar-refractivity contribution in [3.63, 3.8) is 0 Å². The molecule has 0 amide bonds. The lowest BCUT2D eigenvalue weighted by Crippen LogP contribution is -1.94. The molecule has 1 aromatic heterocycles. The van der Waals surface area contributed by atoms with Crippen molar-refractivity contribution in [2.45, 2.75) is 6.92 Å². The van der Waals surface area contributed by atoms with Crippen LogP contribution in [0.3, 0.4) is 0 Å². The third kappa shape index (κ3) is 1.42. The number of aryl methyl sites for hydroxylation is 2. The average Bonchev–Trinajstić information content (AvgIpc) is 2.52. The minimum absolute atomic E-state index is 0.749. The average molecular weight is 207 g/mol. The summed E-state index contributed by atoms with van der Waals surface area (Å²) in [5.41, 5.74) is 2.16. The van der Waals surface area contributed by atoms with Gasteiger partial charge in [0.25, 0.3) is 0 Å². The topological polar surface area (TPSA) is 17.8 Å². The van der Waals surface area contributed by atoms with Crippen LogP contribution in [0.15, 0.2) is 30.6 Å². The molecule has 0 spiro atoms. The van der Waals surface area contributed by atoms with Gasteiger partial charge >= 0.3 is 0 Å². The van der Waals surface area contributed by atoms with Gasteiger partial charge in [-0.05, 0) is 18.6 Å². The Morgan fingerprint density at radius 2 is 2.14 bits per heavy atom. The fourth-order valence-electron chi connectivity index (χ4n) is 1.52. The molecule has 0 bridgehead atoms. The molecule has 0 fully saturated rings. The van der Waals surface area contributed by atoms with Crippen LogP contribution in [0.1, 0.15) is 5.56 Å². The van der Waals surface area contributed by atoms with Gasteiger partial charge in [-0.2, -0.15) is 0 Å². The van der Waals surface area contributed by atoms with E-state index in [9.17, 15) is 0 Å². The monoisotopic (exact) mass is 206 g/mol. The summed E-state index contributed by atoms with van der Waals surface area (Å²) in [6.07, 6.45) is 3.69. The van der Waals surface area contributed by atoms with Crippen molar-refractivity contribution in [3.8, 4) is 11.4 Å². The van der Waals surface area contributed by atoms with Crippen LogP contribution in [0.5, 0.6) is 0 Å². The first-order chi connectivity index (χ1) is 6.70. The fourth-order valence-corrected chi connectivity index (χ4v) is 1.83. The van der Waals surface area contributed by atoms with Gasteiger partial charge in [-0.25, -0.2) is 4.98 Å². The minimum atomic E-state index is 0.749. The number of benzene rings is 1. The second-order valence-corrected chi connectivity index (χ2v) is 3.70. The molecule has 0 saturated heterocycles. The van der Waals surface area contributed by atoms with Crippen LogP contribution in [0.4, 0.5) is 0 Å². The van der Waals surface area contributed by atoms with Crippen molar-refractivity contribution >= 4 is 11.6 Å². The van der Waals surface area contributed by atoms with E-state index in [0.717, 1.165) is 22.0 Å². The predicted molar refractivity (Wildman–Crippen MR) is 58.4 cm³/mol. The summed E-state index contributed by atoms with van der Waals surface area (Å²) >= 11 is 6.14. The number of hydrogen-bond donors (Lipinski definition) is 0. The van der Waals surface area contributed by atoms with Crippen LogP contribution in [0, 0.1) is 6.92 Å². The SMILES string of the molecule is Cc1cccc(Cl)c1-c1nccn1C. The maximum absolute atomic E-state index is 6.14. The molecule has 72 valence electrons. The molecule has 3 heteroatoms. The lowest BCUT2D eigenvalue weighted by molar-refractivity contribution is 0.923. The normalized spacial score (nSPS) is 10.5. The van der Waals surface area contributed by atoms with Crippen molar-refractivity contribution < 1.29 is 0 Å². The molecular weight excluding hydrogens is 196 g/mol. The Bertz CT molecular complexity index is 440. The third-order valence-electron chi connectivity index (χ3n) is 2.27. The summed E-state index contributed by atoms with van der Waals surface area (Å²) in [7, 11) is 1.96. The Morgan fingerprint density at radius 1 is 1.36 bits per heavy atom. The molecule has 0 N–H and O–H groups in total. The van der Waals surface area contributed by atoms with Gasteiger partial charge in [0, 0.05) is 25.0 Å². The highest BCUT2D eigenvalue weighted by atomic mass is 35.5. The lowest BCUT2D eigenvalue weighted by Gasteiger charge is -2.07. The summed E-state index contributed by atoms with van der Waals surface area (Å²) < 4.78 is 1.97. The molecule has 2 aromatic rings. The van der Waals surface area contributed by atoms with Gasteiger partial charge < -0.3 is 4.57 Å². The molecule has 2 nitrogen and oxygen atoms in total. The fraction of sp³-hybridized carbons (Fsp3) is 0.182. The van der Waals surface area contributed by atoms with Gasteiger partial charge in [-0.15, -0.1) is 0 Å². The van der Waals surface area contributed by atoms with Gasteiger partial charge in [0.15, 0.2) is 0 Å². The molecule has 14 heavy (non-hydrogen) atoms. The number of aromatic nitrogens is 2. The smallest absolute Gasteiger partial charge is 0.141 e. The zero-order valence-electron chi connectivity index (χ0n) is 8.16. The van der Waals surface area contributed by atoms with E-state index in [0.29, 0.717) is 0 Å². The highest BCUT2D eigenvalue weighted by Gasteiger charge is 2.09. The van der Waals surface area contributed by atoms with Crippen molar-refractivity contribution in [2.75, 3.05) is 0 Å². The Labute approximate surface area is 88.2 Å². The molecule has 0 atom stereocenters. The third-order valence-corrected chi connectivity index (χ3v) is 2.58. The number of imidazole rings is 1. The molecule has 0 unspecified atom stereocenters. The maximum Gasteiger partial charge on any atom is 0.141 e. The van der Waals surface area contributed by atoms with Crippen molar-refractivity contribution in [1.82, 2.24) is 9.55 Å². The number of rotatable bonds is 1. The molecule has 0 aliphatic carbocycles. The lowest BCUT2D eigenvalue weighted by atomic mass is 10.1. The summed E-state index contributed by atoms with van der Waals surface area (Å²) in [6.45, 7) is 2.04. The molecule has 0 radical (unpaired) electrons. The molecule has 0 saturated carbocycles. The van der Waals surface area contributed by atoms with E-state index in [4.69, 9.17) is 11.6 Å². The van der Waals surface area contributed by atoms with Crippen molar-refractivity contribution in [3.05, 3.63) is 41.2 Å². The van der Waals surface area contributed by atoms with Crippen LogP contribution >= 0.6 is 11.6 Å². The van der Waals surface area contributed by atoms with Gasteiger partial charge in [-0.3, -0.25) is 0 Å². The molecule has 0 aliphatic heterocycles. The minimum Gasteiger partial charge on any atom is -0.334 e. The first kappa shape index (κ1) is 9.28. The second-order valence-electron chi connectivity index (χ2n) is 3.29. The second kappa shape index (κ2) is 3.46. The Kier molecular flexibility index (Phi) is 2.30. The summed E-state index contributed by atoms with van der Waals surface area (Å²) in [4.78, 5) is 4.29. The zero-order valence-corrected chi connectivity index (χ0v) is 8.92. The van der Waals surface area contributed by atoms with Crippen LogP contribution in [0.2, 0.25) is 5.02 Å². The Hall–Kier alpha value is -1.28. The molecular formula is C11H11ClN2. The van der Waals surface area contributed by atoms with Crippen molar-refractivity contribution in [1.29, 1.82) is 0 Å². The van der Waals surface area contributed by atoms with Gasteiger partial charge in [0.2, 0.25) is 0 Å². The summed E-state index contributed by atoms with van der Waals surface area (Å²) in [6, 6.07) is 5.87. The van der Waals surface area contributed by atoms with Gasteiger partial charge in [-0.1, -0.05) is 23.7 Å². The van der Waals surface area contributed by atoms with Crippen molar-refractivity contribution in [2.24, 2.45) is 7.05 Å². The number of hydrogen-bond acceptors (Lipinski definition) is 1. The van der Waals surface area contributed by atoms with E-state index in [1.54, 1.807) is 6.20 Å². The van der Waals surface area contributed by atoms with Crippen LogP contribution < -0.4 is 0 Å². The van der Waals surface area contributed by atoms with E-state index in [1.165, 1.54) is 0 Å². The van der Waals surface area contributed by atoms with Gasteiger partial charge in [0.1, 0.15) is 5.82 Å². The van der Waals surface area contributed by atoms with E-state index < -0.39 is 0 Å². The highest BCUT2D eigenvalue weighted by molar-refractivity contribution is 6.33. The largest absolute Gasteiger partial charge is 0.334 e. The number of nitrogens with zero attached hydrogens (tertiary/aromatic N) is 2. The first-order valence-electron chi connectivity index (χ1n) is 4.43. The maximum atomic E-state index is 6.14. The molecule has 0 aliphatic rings.